The molecule has 0 fully saturated rings. The molecule has 2 aromatic rings. The molecule has 102 valence electrons. The molecule has 0 bridgehead atoms. The monoisotopic (exact) mass is 297 g/mol. The van der Waals surface area contributed by atoms with E-state index in [1.807, 2.05) is 0 Å². The lowest BCUT2D eigenvalue weighted by atomic mass is 10.2. The summed E-state index contributed by atoms with van der Waals surface area (Å²) in [6, 6.07) is 0. The predicted octanol–water partition coefficient (Wildman–Crippen LogP) is 3.26. The van der Waals surface area contributed by atoms with Gasteiger partial charge in [-0.05, 0) is 6.92 Å². The summed E-state index contributed by atoms with van der Waals surface area (Å²) in [5.74, 6) is -10.3. The van der Waals surface area contributed by atoms with Gasteiger partial charge in [-0.3, -0.25) is 0 Å². The second-order valence-electron chi connectivity index (χ2n) is 3.62. The number of alkyl halides is 1. The van der Waals surface area contributed by atoms with Crippen LogP contribution in [0.25, 0.3) is 5.69 Å². The molecule has 0 aliphatic carbocycles. The van der Waals surface area contributed by atoms with Crippen molar-refractivity contribution in [3.63, 3.8) is 0 Å². The van der Waals surface area contributed by atoms with E-state index < -0.39 is 40.2 Å². The van der Waals surface area contributed by atoms with E-state index in [-0.39, 0.29) is 5.69 Å². The molecule has 0 radical (unpaired) electrons. The van der Waals surface area contributed by atoms with Gasteiger partial charge in [0.05, 0.1) is 11.6 Å². The summed E-state index contributed by atoms with van der Waals surface area (Å²) in [6.07, 6.45) is 0.982. The molecule has 19 heavy (non-hydrogen) atoms. The van der Waals surface area contributed by atoms with E-state index in [0.29, 0.717) is 4.68 Å². The molecule has 0 N–H and O–H groups in total. The summed E-state index contributed by atoms with van der Waals surface area (Å²) in [5.41, 5.74) is -1.07. The normalized spacial score (nSPS) is 12.8. The molecular formula is C10H5ClF5N3. The minimum absolute atomic E-state index is 0.130. The van der Waals surface area contributed by atoms with Crippen LogP contribution in [0.4, 0.5) is 22.0 Å². The van der Waals surface area contributed by atoms with Crippen LogP contribution in [0.3, 0.4) is 0 Å². The van der Waals surface area contributed by atoms with Crippen LogP contribution in [-0.2, 0) is 0 Å². The van der Waals surface area contributed by atoms with Crippen LogP contribution in [-0.4, -0.2) is 15.0 Å². The lowest BCUT2D eigenvalue weighted by Crippen LogP contribution is -2.10. The van der Waals surface area contributed by atoms with E-state index in [0.717, 1.165) is 6.20 Å². The molecule has 0 saturated carbocycles. The third-order valence-electron chi connectivity index (χ3n) is 2.33. The van der Waals surface area contributed by atoms with E-state index in [1.54, 1.807) is 0 Å². The highest BCUT2D eigenvalue weighted by molar-refractivity contribution is 6.20. The number of benzene rings is 1. The SMILES string of the molecule is CC(Cl)c1cn(-c2c(F)c(F)c(F)c(F)c2F)nn1. The number of hydrogen-bond acceptors (Lipinski definition) is 2. The first-order chi connectivity index (χ1) is 8.84. The Morgan fingerprint density at radius 2 is 1.47 bits per heavy atom. The molecule has 9 heteroatoms. The van der Waals surface area contributed by atoms with Crippen LogP contribution in [0.5, 0.6) is 0 Å². The van der Waals surface area contributed by atoms with Crippen molar-refractivity contribution in [3.05, 3.63) is 41.0 Å². The van der Waals surface area contributed by atoms with Crippen molar-refractivity contribution < 1.29 is 22.0 Å². The first-order valence-corrected chi connectivity index (χ1v) is 5.36. The first-order valence-electron chi connectivity index (χ1n) is 4.92. The number of nitrogens with zero attached hydrogens (tertiary/aromatic N) is 3. The van der Waals surface area contributed by atoms with Crippen LogP contribution < -0.4 is 0 Å². The van der Waals surface area contributed by atoms with Gasteiger partial charge in [-0.15, -0.1) is 16.7 Å². The Balaban J connectivity index is 2.68. The molecule has 1 atom stereocenters. The molecule has 0 aliphatic heterocycles. The summed E-state index contributed by atoms with van der Waals surface area (Å²) >= 11 is 5.66. The average Bonchev–Trinajstić information content (AvgIpc) is 2.84. The second kappa shape index (κ2) is 4.76. The lowest BCUT2D eigenvalue weighted by molar-refractivity contribution is 0.373. The molecule has 0 saturated heterocycles. The molecule has 0 spiro atoms. The molecule has 1 unspecified atom stereocenters. The quantitative estimate of drug-likeness (QED) is 0.369. The number of aromatic nitrogens is 3. The predicted molar refractivity (Wildman–Crippen MR) is 55.4 cm³/mol. The fraction of sp³-hybridized carbons (Fsp3) is 0.200. The molecule has 1 heterocycles. The zero-order valence-electron chi connectivity index (χ0n) is 9.26. The van der Waals surface area contributed by atoms with Gasteiger partial charge in [0.1, 0.15) is 11.4 Å². The minimum Gasteiger partial charge on any atom is -0.214 e. The highest BCUT2D eigenvalue weighted by atomic mass is 35.5. The summed E-state index contributed by atoms with van der Waals surface area (Å²) < 4.78 is 66.2. The van der Waals surface area contributed by atoms with E-state index in [4.69, 9.17) is 11.6 Å². The third kappa shape index (κ3) is 2.16. The minimum atomic E-state index is -2.23. The second-order valence-corrected chi connectivity index (χ2v) is 4.28. The average molecular weight is 298 g/mol. The fourth-order valence-electron chi connectivity index (χ4n) is 1.36. The zero-order valence-corrected chi connectivity index (χ0v) is 10.0. The Bertz CT molecular complexity index is 611. The van der Waals surface area contributed by atoms with Crippen molar-refractivity contribution in [2.75, 3.05) is 0 Å². The molecule has 1 aromatic carbocycles. The van der Waals surface area contributed by atoms with Crippen LogP contribution in [0.1, 0.15) is 18.0 Å². The number of rotatable bonds is 2. The summed E-state index contributed by atoms with van der Waals surface area (Å²) in [5, 5.41) is 6.12. The Kier molecular flexibility index (Phi) is 3.44. The van der Waals surface area contributed by atoms with Crippen molar-refractivity contribution >= 4 is 11.6 Å². The van der Waals surface area contributed by atoms with E-state index in [2.05, 4.69) is 10.3 Å². The largest absolute Gasteiger partial charge is 0.214 e. The fourth-order valence-corrected chi connectivity index (χ4v) is 1.46. The van der Waals surface area contributed by atoms with E-state index in [9.17, 15) is 22.0 Å². The topological polar surface area (TPSA) is 30.7 Å². The zero-order chi connectivity index (χ0) is 14.3. The van der Waals surface area contributed by atoms with Crippen LogP contribution in [0.15, 0.2) is 6.20 Å². The Hall–Kier alpha value is -1.70. The van der Waals surface area contributed by atoms with Gasteiger partial charge < -0.3 is 0 Å². The van der Waals surface area contributed by atoms with Crippen LogP contribution in [0.2, 0.25) is 0 Å². The van der Waals surface area contributed by atoms with Crippen molar-refractivity contribution in [3.8, 4) is 5.69 Å². The standard InChI is InChI=1S/C10H5ClF5N3/c1-3(11)4-2-19(18-17-4)10-8(15)6(13)5(12)7(14)9(10)16/h2-3H,1H3. The van der Waals surface area contributed by atoms with Crippen molar-refractivity contribution in [1.29, 1.82) is 0 Å². The molecule has 1 aromatic heterocycles. The maximum absolute atomic E-state index is 13.5. The van der Waals surface area contributed by atoms with E-state index >= 15 is 0 Å². The van der Waals surface area contributed by atoms with Gasteiger partial charge in [0.25, 0.3) is 0 Å². The molecule has 2 rings (SSSR count). The smallest absolute Gasteiger partial charge is 0.200 e. The van der Waals surface area contributed by atoms with Gasteiger partial charge in [0.15, 0.2) is 23.3 Å². The highest BCUT2D eigenvalue weighted by Gasteiger charge is 2.27. The van der Waals surface area contributed by atoms with Crippen molar-refractivity contribution in [2.24, 2.45) is 0 Å². The Morgan fingerprint density at radius 3 is 1.89 bits per heavy atom. The lowest BCUT2D eigenvalue weighted by Gasteiger charge is -2.06. The maximum Gasteiger partial charge on any atom is 0.200 e. The third-order valence-corrected chi connectivity index (χ3v) is 2.56. The highest BCUT2D eigenvalue weighted by Crippen LogP contribution is 2.26. The van der Waals surface area contributed by atoms with Gasteiger partial charge in [-0.2, -0.15) is 0 Å². The van der Waals surface area contributed by atoms with Gasteiger partial charge >= 0.3 is 0 Å². The molecule has 0 aliphatic rings. The molecule has 3 nitrogen and oxygen atoms in total. The van der Waals surface area contributed by atoms with Gasteiger partial charge in [-0.25, -0.2) is 26.6 Å². The first kappa shape index (κ1) is 13.7. The number of hydrogen-bond donors (Lipinski definition) is 0. The van der Waals surface area contributed by atoms with Crippen LogP contribution >= 0.6 is 11.6 Å². The Morgan fingerprint density at radius 1 is 1.00 bits per heavy atom. The maximum atomic E-state index is 13.5. The molecule has 0 amide bonds. The number of halogens is 6. The van der Waals surface area contributed by atoms with Crippen molar-refractivity contribution in [1.82, 2.24) is 15.0 Å². The summed E-state index contributed by atoms with van der Waals surface area (Å²) in [4.78, 5) is 0. The van der Waals surface area contributed by atoms with Crippen molar-refractivity contribution in [2.45, 2.75) is 12.3 Å². The van der Waals surface area contributed by atoms with Gasteiger partial charge in [0.2, 0.25) is 5.82 Å². The molecular weight excluding hydrogens is 293 g/mol. The van der Waals surface area contributed by atoms with Gasteiger partial charge in [0, 0.05) is 0 Å². The summed E-state index contributed by atoms with van der Waals surface area (Å²) in [6.45, 7) is 1.51. The Labute approximate surface area is 108 Å². The van der Waals surface area contributed by atoms with Crippen LogP contribution in [0, 0.1) is 29.1 Å². The van der Waals surface area contributed by atoms with Gasteiger partial charge in [-0.1, -0.05) is 5.21 Å². The summed E-state index contributed by atoms with van der Waals surface area (Å²) in [7, 11) is 0. The van der Waals surface area contributed by atoms with E-state index in [1.165, 1.54) is 6.92 Å².